The third-order valence-corrected chi connectivity index (χ3v) is 9.48. The minimum absolute atomic E-state index is 0.125. The predicted octanol–water partition coefficient (Wildman–Crippen LogP) is 9.76. The monoisotopic (exact) mass is 864 g/mol. The Balaban J connectivity index is 1.15. The molecule has 0 heterocycles. The lowest BCUT2D eigenvalue weighted by molar-refractivity contribution is 0.0714. The third-order valence-electron chi connectivity index (χ3n) is 9.48. The van der Waals surface area contributed by atoms with E-state index in [0.29, 0.717) is 53.6 Å². The number of hydrogen-bond acceptors (Lipinski definition) is 14. The lowest BCUT2D eigenvalue weighted by Crippen LogP contribution is -2.13. The van der Waals surface area contributed by atoms with Gasteiger partial charge in [0.1, 0.15) is 45.6 Å². The summed E-state index contributed by atoms with van der Waals surface area (Å²) in [4.78, 5) is 52.4. The van der Waals surface area contributed by atoms with Crippen LogP contribution in [0.25, 0.3) is 0 Å². The van der Waals surface area contributed by atoms with E-state index in [2.05, 4.69) is 27.7 Å². The highest BCUT2D eigenvalue weighted by molar-refractivity contribution is 5.96. The fraction of sp³-hybridized carbons (Fsp3) is 0.306. The zero-order valence-electron chi connectivity index (χ0n) is 36.9. The van der Waals surface area contributed by atoms with Gasteiger partial charge in [-0.05, 0) is 104 Å². The van der Waals surface area contributed by atoms with Gasteiger partial charge in [-0.3, -0.25) is 0 Å². The van der Waals surface area contributed by atoms with Gasteiger partial charge in [-0.1, -0.05) is 27.7 Å². The fourth-order valence-corrected chi connectivity index (χ4v) is 5.86. The summed E-state index contributed by atoms with van der Waals surface area (Å²) in [5, 5.41) is 0. The zero-order chi connectivity index (χ0) is 45.6. The minimum atomic E-state index is -0.701. The van der Waals surface area contributed by atoms with Crippen LogP contribution in [0.3, 0.4) is 0 Å². The van der Waals surface area contributed by atoms with Crippen molar-refractivity contribution >= 4 is 23.9 Å². The lowest BCUT2D eigenvalue weighted by atomic mass is 10.1. The molecule has 0 unspecified atom stereocenters. The first-order valence-corrected chi connectivity index (χ1v) is 20.2. The van der Waals surface area contributed by atoms with Gasteiger partial charge < -0.3 is 47.4 Å². The van der Waals surface area contributed by atoms with Crippen molar-refractivity contribution in [3.8, 4) is 57.5 Å². The van der Waals surface area contributed by atoms with E-state index >= 15 is 0 Å². The van der Waals surface area contributed by atoms with Crippen molar-refractivity contribution in [2.24, 2.45) is 11.8 Å². The molecule has 14 heteroatoms. The predicted molar refractivity (Wildman–Crippen MR) is 233 cm³/mol. The van der Waals surface area contributed by atoms with Gasteiger partial charge in [0.2, 0.25) is 0 Å². The molecule has 0 saturated heterocycles. The van der Waals surface area contributed by atoms with Crippen molar-refractivity contribution in [2.45, 2.75) is 47.5 Å². The highest BCUT2D eigenvalue weighted by Crippen LogP contribution is 2.37. The largest absolute Gasteiger partial charge is 0.496 e. The number of ether oxygens (including phenoxy) is 10. The molecule has 0 aliphatic rings. The summed E-state index contributed by atoms with van der Waals surface area (Å²) in [5.74, 6) is 1.04. The summed E-state index contributed by atoms with van der Waals surface area (Å²) >= 11 is 0. The van der Waals surface area contributed by atoms with Crippen molar-refractivity contribution in [1.82, 2.24) is 0 Å². The molecule has 0 atom stereocenters. The standard InChI is InChI=1S/C49H52O14/c1-29(2)20-22-58-44-27-40(54-6)37(25-42(44)56-8)48(52)60-34-14-10-32(11-15-34)46(50)62-36-18-19-39(31(5)24-36)63-47(51)33-12-16-35(17-13-33)61-49(53)38-26-43(57-9)45(28-41(38)55-7)59-23-21-30(3)4/h10-19,24-30H,20-23H2,1-9H3. The number of hydrogen-bond donors (Lipinski definition) is 0. The summed E-state index contributed by atoms with van der Waals surface area (Å²) in [7, 11) is 5.82. The SMILES string of the molecule is COc1cc(C(=O)Oc2ccc(C(=O)Oc3ccc(OC(=O)c4ccc(OC(=O)c5cc(OC)c(OCCC(C)C)cc5OC)cc4)c(C)c3)cc2)c(OC)cc1OCCC(C)C. The van der Waals surface area contributed by atoms with Crippen molar-refractivity contribution < 1.29 is 66.5 Å². The molecule has 5 aromatic carbocycles. The van der Waals surface area contributed by atoms with E-state index in [0.717, 1.165) is 12.8 Å². The maximum absolute atomic E-state index is 13.2. The molecule has 5 aromatic rings. The molecular weight excluding hydrogens is 813 g/mol. The average Bonchev–Trinajstić information content (AvgIpc) is 3.26. The first-order valence-electron chi connectivity index (χ1n) is 20.2. The Kier molecular flexibility index (Phi) is 16.4. The van der Waals surface area contributed by atoms with Crippen molar-refractivity contribution in [2.75, 3.05) is 41.7 Å². The van der Waals surface area contributed by atoms with E-state index in [1.165, 1.54) is 101 Å². The van der Waals surface area contributed by atoms with E-state index in [-0.39, 0.29) is 56.8 Å². The topological polar surface area (TPSA) is 161 Å². The number of aryl methyl sites for hydroxylation is 1. The molecule has 0 aliphatic heterocycles. The molecule has 0 saturated carbocycles. The Labute approximate surface area is 366 Å². The molecule has 63 heavy (non-hydrogen) atoms. The quantitative estimate of drug-likeness (QED) is 0.0537. The number of carbonyl (C=O) groups excluding carboxylic acids is 4. The highest BCUT2D eigenvalue weighted by Gasteiger charge is 2.23. The molecule has 0 spiro atoms. The van der Waals surface area contributed by atoms with Crippen LogP contribution in [0.15, 0.2) is 91.0 Å². The number of rotatable bonds is 20. The summed E-state index contributed by atoms with van der Waals surface area (Å²) in [5.41, 5.74) is 1.15. The molecule has 0 aliphatic carbocycles. The number of esters is 4. The molecule has 0 aromatic heterocycles. The first kappa shape index (κ1) is 46.8. The van der Waals surface area contributed by atoms with E-state index in [9.17, 15) is 19.2 Å². The van der Waals surface area contributed by atoms with Gasteiger partial charge in [-0.2, -0.15) is 0 Å². The number of methoxy groups -OCH3 is 4. The molecule has 5 rings (SSSR count). The number of carbonyl (C=O) groups is 4. The van der Waals surface area contributed by atoms with Gasteiger partial charge >= 0.3 is 23.9 Å². The highest BCUT2D eigenvalue weighted by atomic mass is 16.6. The summed E-state index contributed by atoms with van der Waals surface area (Å²) in [6.45, 7) is 11.0. The average molecular weight is 865 g/mol. The molecular formula is C49H52O14. The Morgan fingerprint density at radius 3 is 1.17 bits per heavy atom. The summed E-state index contributed by atoms with van der Waals surface area (Å²) in [6.07, 6.45) is 1.68. The second-order valence-electron chi connectivity index (χ2n) is 15.0. The van der Waals surface area contributed by atoms with Crippen LogP contribution in [-0.2, 0) is 0 Å². The minimum Gasteiger partial charge on any atom is -0.496 e. The van der Waals surface area contributed by atoms with Crippen LogP contribution in [-0.4, -0.2) is 65.5 Å². The van der Waals surface area contributed by atoms with Crippen molar-refractivity contribution in [1.29, 1.82) is 0 Å². The first-order chi connectivity index (χ1) is 30.2. The second-order valence-corrected chi connectivity index (χ2v) is 15.0. The summed E-state index contributed by atoms with van der Waals surface area (Å²) < 4.78 is 55.8. The normalized spacial score (nSPS) is 10.8. The molecule has 0 bridgehead atoms. The van der Waals surface area contributed by atoms with Gasteiger partial charge in [0.05, 0.1) is 52.8 Å². The van der Waals surface area contributed by atoms with Gasteiger partial charge in [0.15, 0.2) is 23.0 Å². The maximum atomic E-state index is 13.2. The van der Waals surface area contributed by atoms with Gasteiger partial charge in [-0.25, -0.2) is 19.2 Å². The Bertz CT molecular complexity index is 2380. The smallest absolute Gasteiger partial charge is 0.347 e. The molecule has 0 N–H and O–H groups in total. The van der Waals surface area contributed by atoms with E-state index in [4.69, 9.17) is 47.4 Å². The third kappa shape index (κ3) is 12.7. The van der Waals surface area contributed by atoms with Gasteiger partial charge in [0.25, 0.3) is 0 Å². The number of benzene rings is 5. The maximum Gasteiger partial charge on any atom is 0.347 e. The van der Waals surface area contributed by atoms with Crippen LogP contribution in [0, 0.1) is 18.8 Å². The van der Waals surface area contributed by atoms with Crippen LogP contribution in [0.4, 0.5) is 0 Å². The van der Waals surface area contributed by atoms with Crippen LogP contribution >= 0.6 is 0 Å². The van der Waals surface area contributed by atoms with E-state index < -0.39 is 23.9 Å². The molecule has 332 valence electrons. The van der Waals surface area contributed by atoms with Gasteiger partial charge in [0, 0.05) is 24.3 Å². The van der Waals surface area contributed by atoms with Crippen molar-refractivity contribution in [3.63, 3.8) is 0 Å². The Morgan fingerprint density at radius 1 is 0.413 bits per heavy atom. The van der Waals surface area contributed by atoms with Crippen LogP contribution in [0.2, 0.25) is 0 Å². The Morgan fingerprint density at radius 2 is 0.794 bits per heavy atom. The molecule has 14 nitrogen and oxygen atoms in total. The second kappa shape index (κ2) is 22.0. The summed E-state index contributed by atoms with van der Waals surface area (Å²) in [6, 6.07) is 22.4. The molecule has 0 fully saturated rings. The van der Waals surface area contributed by atoms with Crippen LogP contribution in [0.1, 0.15) is 87.5 Å². The Hall–Kier alpha value is -7.22. The zero-order valence-corrected chi connectivity index (χ0v) is 36.9. The van der Waals surface area contributed by atoms with Crippen molar-refractivity contribution in [3.05, 3.63) is 119 Å². The lowest BCUT2D eigenvalue weighted by Gasteiger charge is -2.16. The molecule has 0 radical (unpaired) electrons. The van der Waals surface area contributed by atoms with E-state index in [1.807, 2.05) is 0 Å². The van der Waals surface area contributed by atoms with E-state index in [1.54, 1.807) is 25.1 Å². The molecule has 0 amide bonds. The van der Waals surface area contributed by atoms with Gasteiger partial charge in [-0.15, -0.1) is 0 Å². The van der Waals surface area contributed by atoms with Crippen LogP contribution < -0.4 is 47.4 Å². The fourth-order valence-electron chi connectivity index (χ4n) is 5.86. The van der Waals surface area contributed by atoms with Crippen LogP contribution in [0.5, 0.6) is 57.5 Å².